The third-order valence-corrected chi connectivity index (χ3v) is 6.24. The molecule has 1 aliphatic heterocycles. The van der Waals surface area contributed by atoms with E-state index in [0.717, 1.165) is 49.4 Å². The van der Waals surface area contributed by atoms with Crippen molar-refractivity contribution < 1.29 is 19.0 Å². The second kappa shape index (κ2) is 12.6. The molecule has 10 heteroatoms. The molecule has 0 atom stereocenters. The molecule has 1 saturated heterocycles. The molecule has 0 aliphatic carbocycles. The van der Waals surface area contributed by atoms with E-state index in [-0.39, 0.29) is 12.5 Å². The van der Waals surface area contributed by atoms with Gasteiger partial charge < -0.3 is 24.5 Å². The van der Waals surface area contributed by atoms with Crippen molar-refractivity contribution in [2.75, 3.05) is 52.6 Å². The largest absolute Gasteiger partial charge is 0.490 e. The first-order chi connectivity index (χ1) is 18.0. The lowest BCUT2D eigenvalue weighted by atomic mass is 10.1. The van der Waals surface area contributed by atoms with E-state index in [9.17, 15) is 14.4 Å². The van der Waals surface area contributed by atoms with Crippen LogP contribution in [0, 0.1) is 0 Å². The lowest BCUT2D eigenvalue weighted by Gasteiger charge is -2.26. The molecule has 1 fully saturated rings. The number of nitrogens with zero attached hydrogens (tertiary/aromatic N) is 2. The number of carbonyl (C=O) groups is 1. The SMILES string of the molecule is CCOc1cc2[nH]c(=O)n(Cc3ccc(C(=O)NCCCN4CCOCC4)cc3)c(=O)c2cc1OCC. The zero-order valence-corrected chi connectivity index (χ0v) is 21.4. The minimum absolute atomic E-state index is 0.0722. The Balaban J connectivity index is 1.43. The highest BCUT2D eigenvalue weighted by molar-refractivity contribution is 5.94. The standard InChI is InChI=1S/C27H34N4O6/c1-3-36-23-16-21-22(17-24(23)37-4-2)29-27(34)31(26(21)33)18-19-6-8-20(9-7-19)25(32)28-10-5-11-30-12-14-35-15-13-30/h6-9,16-17H,3-5,10-15,18H2,1-2H3,(H,28,32)(H,29,34). The van der Waals surface area contributed by atoms with E-state index in [0.29, 0.717) is 47.7 Å². The van der Waals surface area contributed by atoms with Crippen LogP contribution in [0.2, 0.25) is 0 Å². The number of benzene rings is 2. The summed E-state index contributed by atoms with van der Waals surface area (Å²) in [6.45, 7) is 9.52. The summed E-state index contributed by atoms with van der Waals surface area (Å²) in [7, 11) is 0. The first-order valence-corrected chi connectivity index (χ1v) is 12.7. The Hall–Kier alpha value is -3.63. The molecule has 0 spiro atoms. The van der Waals surface area contributed by atoms with Crippen molar-refractivity contribution >= 4 is 16.8 Å². The predicted octanol–water partition coefficient (Wildman–Crippen LogP) is 1.99. The van der Waals surface area contributed by atoms with Crippen LogP contribution < -0.4 is 26.0 Å². The molecule has 198 valence electrons. The van der Waals surface area contributed by atoms with Crippen LogP contribution in [0.4, 0.5) is 0 Å². The smallest absolute Gasteiger partial charge is 0.329 e. The average molecular weight is 511 g/mol. The molecule has 1 amide bonds. The van der Waals surface area contributed by atoms with Gasteiger partial charge in [0.25, 0.3) is 11.5 Å². The molecule has 4 rings (SSSR count). The molecule has 37 heavy (non-hydrogen) atoms. The van der Waals surface area contributed by atoms with E-state index in [4.69, 9.17) is 14.2 Å². The van der Waals surface area contributed by atoms with Crippen molar-refractivity contribution in [3.05, 3.63) is 68.4 Å². The number of hydrogen-bond donors (Lipinski definition) is 2. The maximum absolute atomic E-state index is 13.2. The number of amides is 1. The number of ether oxygens (including phenoxy) is 3. The van der Waals surface area contributed by atoms with E-state index >= 15 is 0 Å². The van der Waals surface area contributed by atoms with Crippen molar-refractivity contribution in [3.8, 4) is 11.5 Å². The van der Waals surface area contributed by atoms with Crippen LogP contribution >= 0.6 is 0 Å². The van der Waals surface area contributed by atoms with Crippen LogP contribution in [-0.4, -0.2) is 73.0 Å². The number of carbonyl (C=O) groups excluding carboxylic acids is 1. The average Bonchev–Trinajstić information content (AvgIpc) is 2.91. The molecule has 0 radical (unpaired) electrons. The molecule has 2 N–H and O–H groups in total. The summed E-state index contributed by atoms with van der Waals surface area (Å²) < 4.78 is 17.7. The summed E-state index contributed by atoms with van der Waals surface area (Å²) in [6.07, 6.45) is 0.870. The minimum Gasteiger partial charge on any atom is -0.490 e. The van der Waals surface area contributed by atoms with Crippen LogP contribution in [0.25, 0.3) is 10.9 Å². The zero-order chi connectivity index (χ0) is 26.2. The van der Waals surface area contributed by atoms with E-state index in [1.54, 1.807) is 36.4 Å². The molecule has 1 aromatic heterocycles. The first-order valence-electron chi connectivity index (χ1n) is 12.7. The number of morpholine rings is 1. The van der Waals surface area contributed by atoms with Gasteiger partial charge >= 0.3 is 5.69 Å². The monoisotopic (exact) mass is 510 g/mol. The molecule has 1 aliphatic rings. The van der Waals surface area contributed by atoms with Gasteiger partial charge in [0.15, 0.2) is 11.5 Å². The van der Waals surface area contributed by atoms with E-state index < -0.39 is 11.2 Å². The molecule has 10 nitrogen and oxygen atoms in total. The molecule has 0 saturated carbocycles. The Bertz CT molecular complexity index is 1330. The Labute approximate surface area is 215 Å². The van der Waals surface area contributed by atoms with Crippen LogP contribution in [0.5, 0.6) is 11.5 Å². The second-order valence-electron chi connectivity index (χ2n) is 8.79. The normalized spacial score (nSPS) is 14.0. The number of rotatable bonds is 11. The van der Waals surface area contributed by atoms with Gasteiger partial charge in [0, 0.05) is 31.3 Å². The molecule has 2 heterocycles. The van der Waals surface area contributed by atoms with Gasteiger partial charge in [-0.05, 0) is 50.6 Å². The zero-order valence-electron chi connectivity index (χ0n) is 21.4. The number of H-pyrrole nitrogens is 1. The van der Waals surface area contributed by atoms with Crippen molar-refractivity contribution in [3.63, 3.8) is 0 Å². The molecule has 0 unspecified atom stereocenters. The number of fused-ring (bicyclic) bond motifs is 1. The van der Waals surface area contributed by atoms with E-state index in [1.165, 1.54) is 0 Å². The van der Waals surface area contributed by atoms with Crippen molar-refractivity contribution in [1.82, 2.24) is 19.8 Å². The molecule has 0 bridgehead atoms. The van der Waals surface area contributed by atoms with Crippen molar-refractivity contribution in [2.45, 2.75) is 26.8 Å². The van der Waals surface area contributed by atoms with Gasteiger partial charge in [-0.1, -0.05) is 12.1 Å². The van der Waals surface area contributed by atoms with Gasteiger partial charge in [-0.15, -0.1) is 0 Å². The lowest BCUT2D eigenvalue weighted by molar-refractivity contribution is 0.0374. The third-order valence-electron chi connectivity index (χ3n) is 6.24. The minimum atomic E-state index is -0.522. The Kier molecular flexibility index (Phi) is 8.97. The molecular weight excluding hydrogens is 476 g/mol. The Morgan fingerprint density at radius 3 is 2.38 bits per heavy atom. The molecule has 3 aromatic rings. The first kappa shape index (κ1) is 26.4. The molecular formula is C27H34N4O6. The molecule has 2 aromatic carbocycles. The Morgan fingerprint density at radius 1 is 1.03 bits per heavy atom. The van der Waals surface area contributed by atoms with Crippen molar-refractivity contribution in [1.29, 1.82) is 0 Å². The van der Waals surface area contributed by atoms with E-state index in [1.807, 2.05) is 13.8 Å². The summed E-state index contributed by atoms with van der Waals surface area (Å²) in [4.78, 5) is 43.5. The number of hydrogen-bond acceptors (Lipinski definition) is 7. The summed E-state index contributed by atoms with van der Waals surface area (Å²) >= 11 is 0. The Morgan fingerprint density at radius 2 is 1.70 bits per heavy atom. The fourth-order valence-electron chi connectivity index (χ4n) is 4.32. The maximum Gasteiger partial charge on any atom is 0.329 e. The van der Waals surface area contributed by atoms with Crippen LogP contribution in [0.15, 0.2) is 46.0 Å². The highest BCUT2D eigenvalue weighted by Gasteiger charge is 2.15. The summed E-state index contributed by atoms with van der Waals surface area (Å²) in [6, 6.07) is 10.1. The lowest BCUT2D eigenvalue weighted by Crippen LogP contribution is -2.38. The predicted molar refractivity (Wildman–Crippen MR) is 141 cm³/mol. The summed E-state index contributed by atoms with van der Waals surface area (Å²) in [5.74, 6) is 0.773. The van der Waals surface area contributed by atoms with Gasteiger partial charge in [-0.25, -0.2) is 4.79 Å². The summed E-state index contributed by atoms with van der Waals surface area (Å²) in [5, 5.41) is 3.28. The van der Waals surface area contributed by atoms with Crippen LogP contribution in [0.3, 0.4) is 0 Å². The van der Waals surface area contributed by atoms with Gasteiger partial charge in [-0.2, -0.15) is 0 Å². The van der Waals surface area contributed by atoms with Gasteiger partial charge in [-0.3, -0.25) is 19.1 Å². The third kappa shape index (κ3) is 6.58. The second-order valence-corrected chi connectivity index (χ2v) is 8.79. The van der Waals surface area contributed by atoms with Crippen LogP contribution in [0.1, 0.15) is 36.2 Å². The fraction of sp³-hybridized carbons (Fsp3) is 0.444. The summed E-state index contributed by atoms with van der Waals surface area (Å²) in [5.41, 5.74) is 0.696. The van der Waals surface area contributed by atoms with Gasteiger partial charge in [0.2, 0.25) is 0 Å². The fourth-order valence-corrected chi connectivity index (χ4v) is 4.32. The number of aromatic amines is 1. The highest BCUT2D eigenvalue weighted by Crippen LogP contribution is 2.30. The van der Waals surface area contributed by atoms with Gasteiger partial charge in [0.05, 0.1) is 43.9 Å². The number of aromatic nitrogens is 2. The van der Waals surface area contributed by atoms with Gasteiger partial charge in [0.1, 0.15) is 0 Å². The topological polar surface area (TPSA) is 115 Å². The number of nitrogens with one attached hydrogen (secondary N) is 2. The highest BCUT2D eigenvalue weighted by atomic mass is 16.5. The van der Waals surface area contributed by atoms with E-state index in [2.05, 4.69) is 15.2 Å². The van der Waals surface area contributed by atoms with Crippen molar-refractivity contribution in [2.24, 2.45) is 0 Å². The van der Waals surface area contributed by atoms with Crippen LogP contribution in [-0.2, 0) is 11.3 Å². The maximum atomic E-state index is 13.2. The quantitative estimate of drug-likeness (QED) is 0.379.